The van der Waals surface area contributed by atoms with Crippen molar-refractivity contribution in [2.24, 2.45) is 0 Å². The Hall–Kier alpha value is -1.03. The molecule has 1 heterocycles. The summed E-state index contributed by atoms with van der Waals surface area (Å²) in [6.07, 6.45) is 0. The van der Waals surface area contributed by atoms with Gasteiger partial charge in [-0.2, -0.15) is 0 Å². The van der Waals surface area contributed by atoms with Crippen LogP contribution in [0.25, 0.3) is 0 Å². The number of fused-ring (bicyclic) bond motifs is 1. The van der Waals surface area contributed by atoms with Gasteiger partial charge in [0.2, 0.25) is 0 Å². The topological polar surface area (TPSA) is 38.3 Å². The van der Waals surface area contributed by atoms with Crippen LogP contribution in [0.15, 0.2) is 16.6 Å². The van der Waals surface area contributed by atoms with Gasteiger partial charge in [0, 0.05) is 4.47 Å². The molecule has 1 aliphatic heterocycles. The van der Waals surface area contributed by atoms with Crippen molar-refractivity contribution in [1.82, 2.24) is 0 Å². The number of ether oxygens (including phenoxy) is 1. The summed E-state index contributed by atoms with van der Waals surface area (Å²) >= 11 is 3.43. The Kier molecular flexibility index (Phi) is 2.26. The normalized spacial score (nSPS) is 17.7. The van der Waals surface area contributed by atoms with E-state index in [0.717, 1.165) is 15.7 Å². The van der Waals surface area contributed by atoms with E-state index in [1.807, 2.05) is 19.1 Å². The van der Waals surface area contributed by atoms with Crippen molar-refractivity contribution >= 4 is 27.5 Å². The number of rotatable bonds is 0. The number of anilines is 1. The van der Waals surface area contributed by atoms with Crippen LogP contribution in [0, 0.1) is 6.92 Å². The van der Waals surface area contributed by atoms with Gasteiger partial charge in [-0.05, 0) is 38.5 Å². The van der Waals surface area contributed by atoms with Crippen molar-refractivity contribution in [1.29, 1.82) is 0 Å². The lowest BCUT2D eigenvalue weighted by molar-refractivity contribution is -0.129. The molecule has 2 rings (SSSR count). The van der Waals surface area contributed by atoms with Gasteiger partial charge in [0.15, 0.2) is 5.60 Å². The Bertz CT molecular complexity index is 440. The second-order valence-corrected chi connectivity index (χ2v) is 5.02. The molecular formula is C11H12BrNO2. The van der Waals surface area contributed by atoms with Gasteiger partial charge in [0.1, 0.15) is 5.75 Å². The van der Waals surface area contributed by atoms with E-state index in [1.165, 1.54) is 0 Å². The zero-order chi connectivity index (χ0) is 11.2. The molecule has 1 aromatic carbocycles. The molecule has 0 atom stereocenters. The fourth-order valence-corrected chi connectivity index (χ4v) is 1.76. The quantitative estimate of drug-likeness (QED) is 0.787. The predicted molar refractivity (Wildman–Crippen MR) is 62.2 cm³/mol. The van der Waals surface area contributed by atoms with Gasteiger partial charge in [-0.25, -0.2) is 0 Å². The zero-order valence-corrected chi connectivity index (χ0v) is 10.4. The summed E-state index contributed by atoms with van der Waals surface area (Å²) in [6, 6.07) is 3.78. The van der Waals surface area contributed by atoms with Crippen LogP contribution in [-0.4, -0.2) is 11.5 Å². The Balaban J connectivity index is 2.51. The zero-order valence-electron chi connectivity index (χ0n) is 8.85. The highest BCUT2D eigenvalue weighted by Crippen LogP contribution is 2.37. The van der Waals surface area contributed by atoms with E-state index < -0.39 is 5.60 Å². The fraction of sp³-hybridized carbons (Fsp3) is 0.364. The smallest absolute Gasteiger partial charge is 0.268 e. The van der Waals surface area contributed by atoms with E-state index >= 15 is 0 Å². The molecular weight excluding hydrogens is 258 g/mol. The summed E-state index contributed by atoms with van der Waals surface area (Å²) in [5.41, 5.74) is 0.999. The molecule has 1 amide bonds. The molecule has 80 valence electrons. The van der Waals surface area contributed by atoms with Crippen molar-refractivity contribution < 1.29 is 9.53 Å². The summed E-state index contributed by atoms with van der Waals surface area (Å²) in [6.45, 7) is 5.47. The van der Waals surface area contributed by atoms with Crippen molar-refractivity contribution in [3.8, 4) is 5.75 Å². The van der Waals surface area contributed by atoms with Crippen LogP contribution in [0.4, 0.5) is 5.69 Å². The van der Waals surface area contributed by atoms with E-state index in [9.17, 15) is 4.79 Å². The molecule has 15 heavy (non-hydrogen) atoms. The number of carbonyl (C=O) groups is 1. The third kappa shape index (κ3) is 1.74. The molecule has 0 aromatic heterocycles. The second kappa shape index (κ2) is 3.23. The molecule has 4 heteroatoms. The summed E-state index contributed by atoms with van der Waals surface area (Å²) in [5.74, 6) is 0.591. The average Bonchev–Trinajstić information content (AvgIpc) is 2.11. The lowest BCUT2D eigenvalue weighted by Crippen LogP contribution is -2.45. The van der Waals surface area contributed by atoms with Crippen LogP contribution in [0.3, 0.4) is 0 Å². The number of amides is 1. The number of aryl methyl sites for hydroxylation is 1. The van der Waals surface area contributed by atoms with E-state index in [4.69, 9.17) is 4.74 Å². The Morgan fingerprint density at radius 2 is 2.07 bits per heavy atom. The van der Waals surface area contributed by atoms with E-state index in [0.29, 0.717) is 5.75 Å². The highest BCUT2D eigenvalue weighted by molar-refractivity contribution is 9.10. The molecule has 0 saturated carbocycles. The molecule has 0 spiro atoms. The molecule has 1 aliphatic rings. The lowest BCUT2D eigenvalue weighted by atomic mass is 10.1. The van der Waals surface area contributed by atoms with Crippen molar-refractivity contribution in [2.45, 2.75) is 26.4 Å². The number of carbonyl (C=O) groups excluding carboxylic acids is 1. The number of halogens is 1. The number of nitrogens with one attached hydrogen (secondary N) is 1. The first-order valence-electron chi connectivity index (χ1n) is 4.71. The molecule has 0 radical (unpaired) electrons. The van der Waals surface area contributed by atoms with Crippen LogP contribution in [-0.2, 0) is 4.79 Å². The van der Waals surface area contributed by atoms with Crippen LogP contribution < -0.4 is 10.1 Å². The van der Waals surface area contributed by atoms with E-state index in [-0.39, 0.29) is 5.91 Å². The first kappa shape index (κ1) is 10.5. The minimum atomic E-state index is -0.804. The van der Waals surface area contributed by atoms with E-state index in [2.05, 4.69) is 21.2 Å². The van der Waals surface area contributed by atoms with Crippen molar-refractivity contribution in [3.63, 3.8) is 0 Å². The maximum Gasteiger partial charge on any atom is 0.268 e. The maximum absolute atomic E-state index is 11.6. The highest BCUT2D eigenvalue weighted by atomic mass is 79.9. The van der Waals surface area contributed by atoms with Gasteiger partial charge >= 0.3 is 0 Å². The van der Waals surface area contributed by atoms with Crippen LogP contribution in [0.5, 0.6) is 5.75 Å². The molecule has 0 saturated heterocycles. The van der Waals surface area contributed by atoms with Crippen LogP contribution in [0.1, 0.15) is 19.4 Å². The van der Waals surface area contributed by atoms with Gasteiger partial charge in [-0.15, -0.1) is 0 Å². The standard InChI is InChI=1S/C11H12BrNO2/c1-6-4-8-9(5-7(6)12)15-11(2,3)10(14)13-8/h4-5H,1-3H3,(H,13,14). The van der Waals surface area contributed by atoms with Crippen molar-refractivity contribution in [3.05, 3.63) is 22.2 Å². The van der Waals surface area contributed by atoms with Gasteiger partial charge in [0.05, 0.1) is 5.69 Å². The fourth-order valence-electron chi connectivity index (χ4n) is 1.44. The monoisotopic (exact) mass is 269 g/mol. The maximum atomic E-state index is 11.6. The van der Waals surface area contributed by atoms with E-state index in [1.54, 1.807) is 13.8 Å². The average molecular weight is 270 g/mol. The second-order valence-electron chi connectivity index (χ2n) is 4.16. The molecule has 3 nitrogen and oxygen atoms in total. The third-order valence-electron chi connectivity index (χ3n) is 2.42. The molecule has 0 fully saturated rings. The predicted octanol–water partition coefficient (Wildman–Crippen LogP) is 2.87. The first-order chi connectivity index (χ1) is 6.90. The Morgan fingerprint density at radius 3 is 2.73 bits per heavy atom. The van der Waals surface area contributed by atoms with Crippen LogP contribution in [0.2, 0.25) is 0 Å². The molecule has 0 aliphatic carbocycles. The molecule has 0 unspecified atom stereocenters. The number of hydrogen-bond donors (Lipinski definition) is 1. The molecule has 0 bridgehead atoms. The molecule has 1 aromatic rings. The first-order valence-corrected chi connectivity index (χ1v) is 5.50. The molecule has 1 N–H and O–H groups in total. The lowest BCUT2D eigenvalue weighted by Gasteiger charge is -2.31. The van der Waals surface area contributed by atoms with Gasteiger partial charge < -0.3 is 10.1 Å². The minimum Gasteiger partial charge on any atom is -0.476 e. The Labute approximate surface area is 96.9 Å². The SMILES string of the molecule is Cc1cc2c(cc1Br)OC(C)(C)C(=O)N2. The van der Waals surface area contributed by atoms with Gasteiger partial charge in [-0.1, -0.05) is 15.9 Å². The highest BCUT2D eigenvalue weighted by Gasteiger charge is 2.35. The number of benzene rings is 1. The largest absolute Gasteiger partial charge is 0.476 e. The summed E-state index contributed by atoms with van der Waals surface area (Å²) in [4.78, 5) is 11.6. The summed E-state index contributed by atoms with van der Waals surface area (Å²) in [5, 5.41) is 2.83. The minimum absolute atomic E-state index is 0.114. The Morgan fingerprint density at radius 1 is 1.40 bits per heavy atom. The third-order valence-corrected chi connectivity index (χ3v) is 3.28. The summed E-state index contributed by atoms with van der Waals surface area (Å²) in [7, 11) is 0. The number of hydrogen-bond acceptors (Lipinski definition) is 2. The van der Waals surface area contributed by atoms with Gasteiger partial charge in [-0.3, -0.25) is 4.79 Å². The summed E-state index contributed by atoms with van der Waals surface area (Å²) < 4.78 is 6.61. The van der Waals surface area contributed by atoms with Crippen molar-refractivity contribution in [2.75, 3.05) is 5.32 Å². The van der Waals surface area contributed by atoms with Gasteiger partial charge in [0.25, 0.3) is 5.91 Å². The van der Waals surface area contributed by atoms with Crippen LogP contribution >= 0.6 is 15.9 Å².